The second kappa shape index (κ2) is 6.02. The molecule has 1 aliphatic heterocycles. The summed E-state index contributed by atoms with van der Waals surface area (Å²) in [6.07, 6.45) is 1.30. The van der Waals surface area contributed by atoms with Gasteiger partial charge in [-0.25, -0.2) is 0 Å². The number of nitrogens with one attached hydrogen (secondary N) is 1. The predicted octanol–water partition coefficient (Wildman–Crippen LogP) is 3.63. The quantitative estimate of drug-likeness (QED) is 0.913. The molecule has 3 nitrogen and oxygen atoms in total. The van der Waals surface area contributed by atoms with Crippen LogP contribution in [0.4, 0.5) is 5.69 Å². The summed E-state index contributed by atoms with van der Waals surface area (Å²) in [5.74, 6) is 0.749. The van der Waals surface area contributed by atoms with Gasteiger partial charge in [0.15, 0.2) is 0 Å². The molecule has 0 spiro atoms. The van der Waals surface area contributed by atoms with E-state index >= 15 is 0 Å². The van der Waals surface area contributed by atoms with Gasteiger partial charge in [-0.1, -0.05) is 11.6 Å². The van der Waals surface area contributed by atoms with E-state index in [0.29, 0.717) is 17.1 Å². The molecule has 1 N–H and O–H groups in total. The van der Waals surface area contributed by atoms with Crippen molar-refractivity contribution in [1.29, 1.82) is 0 Å². The number of hydrogen-bond acceptors (Lipinski definition) is 3. The van der Waals surface area contributed by atoms with Gasteiger partial charge in [-0.05, 0) is 52.4 Å². The number of ether oxygens (including phenoxy) is 1. The molecule has 106 valence electrons. The van der Waals surface area contributed by atoms with Gasteiger partial charge in [0.05, 0.1) is 11.1 Å². The minimum atomic E-state index is 0.139. The summed E-state index contributed by atoms with van der Waals surface area (Å²) in [4.78, 5) is 2.37. The molecule has 2 rings (SSSR count). The molecule has 1 heterocycles. The minimum Gasteiger partial charge on any atom is -0.489 e. The monoisotopic (exact) mass is 282 g/mol. The first-order chi connectivity index (χ1) is 8.95. The third kappa shape index (κ3) is 3.77. The smallest absolute Gasteiger partial charge is 0.138 e. The zero-order valence-electron chi connectivity index (χ0n) is 12.1. The van der Waals surface area contributed by atoms with E-state index in [1.807, 2.05) is 32.0 Å². The van der Waals surface area contributed by atoms with Crippen molar-refractivity contribution in [1.82, 2.24) is 4.90 Å². The Labute approximate surface area is 120 Å². The van der Waals surface area contributed by atoms with Crippen molar-refractivity contribution in [3.63, 3.8) is 0 Å². The maximum Gasteiger partial charge on any atom is 0.138 e. The summed E-state index contributed by atoms with van der Waals surface area (Å²) in [5, 5.41) is 4.21. The molecule has 1 aromatic rings. The Balaban J connectivity index is 2.00. The molecule has 0 aromatic heterocycles. The minimum absolute atomic E-state index is 0.139. The average molecular weight is 283 g/mol. The number of likely N-dealkylation sites (N-methyl/N-ethyl adjacent to an activating group) is 1. The zero-order chi connectivity index (χ0) is 14.0. The van der Waals surface area contributed by atoms with E-state index in [9.17, 15) is 0 Å². The molecule has 0 saturated carbocycles. The summed E-state index contributed by atoms with van der Waals surface area (Å²) in [6.45, 7) is 7.33. The van der Waals surface area contributed by atoms with E-state index in [-0.39, 0.29) is 6.10 Å². The summed E-state index contributed by atoms with van der Waals surface area (Å²) in [7, 11) is 2.17. The van der Waals surface area contributed by atoms with Crippen LogP contribution in [0.5, 0.6) is 5.75 Å². The SMILES string of the molecule is CC(C)Oc1ccc(NC2CC(C)N(C)C2)cc1Cl. The molecular formula is C15H23ClN2O. The van der Waals surface area contributed by atoms with E-state index in [0.717, 1.165) is 18.0 Å². The topological polar surface area (TPSA) is 24.5 Å². The van der Waals surface area contributed by atoms with Crippen LogP contribution in [0.25, 0.3) is 0 Å². The Morgan fingerprint density at radius 3 is 2.68 bits per heavy atom. The Morgan fingerprint density at radius 2 is 2.16 bits per heavy atom. The van der Waals surface area contributed by atoms with Crippen LogP contribution in [0.3, 0.4) is 0 Å². The van der Waals surface area contributed by atoms with Gasteiger partial charge in [0.1, 0.15) is 5.75 Å². The van der Waals surface area contributed by atoms with Crippen LogP contribution in [0.15, 0.2) is 18.2 Å². The highest BCUT2D eigenvalue weighted by Crippen LogP contribution is 2.29. The maximum atomic E-state index is 6.24. The first-order valence-corrected chi connectivity index (χ1v) is 7.26. The summed E-state index contributed by atoms with van der Waals surface area (Å²) in [6, 6.07) is 7.05. The lowest BCUT2D eigenvalue weighted by atomic mass is 10.2. The molecular weight excluding hydrogens is 260 g/mol. The van der Waals surface area contributed by atoms with Gasteiger partial charge in [-0.3, -0.25) is 0 Å². The van der Waals surface area contributed by atoms with E-state index in [2.05, 4.69) is 24.2 Å². The molecule has 1 saturated heterocycles. The normalized spacial score (nSPS) is 23.9. The lowest BCUT2D eigenvalue weighted by molar-refractivity contribution is 0.242. The van der Waals surface area contributed by atoms with Gasteiger partial charge in [0.2, 0.25) is 0 Å². The second-order valence-electron chi connectivity index (χ2n) is 5.68. The van der Waals surface area contributed by atoms with Gasteiger partial charge in [0.25, 0.3) is 0 Å². The summed E-state index contributed by atoms with van der Waals surface area (Å²) in [5.41, 5.74) is 1.06. The second-order valence-corrected chi connectivity index (χ2v) is 6.08. The number of rotatable bonds is 4. The number of nitrogens with zero attached hydrogens (tertiary/aromatic N) is 1. The lowest BCUT2D eigenvalue weighted by Crippen LogP contribution is -2.24. The van der Waals surface area contributed by atoms with Gasteiger partial charge in [-0.15, -0.1) is 0 Å². The standard InChI is InChI=1S/C15H23ClN2O/c1-10(2)19-15-6-5-12(8-14(15)16)17-13-7-11(3)18(4)9-13/h5-6,8,10-11,13,17H,7,9H2,1-4H3. The number of benzene rings is 1. The van der Waals surface area contributed by atoms with E-state index in [1.54, 1.807) is 0 Å². The Hall–Kier alpha value is -0.930. The Kier molecular flexibility index (Phi) is 4.58. The molecule has 0 radical (unpaired) electrons. The van der Waals surface area contributed by atoms with Crippen LogP contribution in [0.1, 0.15) is 27.2 Å². The number of anilines is 1. The average Bonchev–Trinajstić information content (AvgIpc) is 2.61. The Bertz CT molecular complexity index is 426. The van der Waals surface area contributed by atoms with Crippen LogP contribution in [-0.4, -0.2) is 36.7 Å². The zero-order valence-corrected chi connectivity index (χ0v) is 12.9. The van der Waals surface area contributed by atoms with E-state index in [1.165, 1.54) is 6.42 Å². The summed E-state index contributed by atoms with van der Waals surface area (Å²) < 4.78 is 5.64. The van der Waals surface area contributed by atoms with Gasteiger partial charge >= 0.3 is 0 Å². The first kappa shape index (κ1) is 14.5. The van der Waals surface area contributed by atoms with Crippen molar-refractivity contribution in [3.8, 4) is 5.75 Å². The molecule has 1 aliphatic rings. The van der Waals surface area contributed by atoms with Crippen LogP contribution in [-0.2, 0) is 0 Å². The van der Waals surface area contributed by atoms with E-state index < -0.39 is 0 Å². The molecule has 2 unspecified atom stereocenters. The molecule has 4 heteroatoms. The van der Waals surface area contributed by atoms with Crippen LogP contribution in [0.2, 0.25) is 5.02 Å². The highest BCUT2D eigenvalue weighted by Gasteiger charge is 2.25. The first-order valence-electron chi connectivity index (χ1n) is 6.88. The highest BCUT2D eigenvalue weighted by molar-refractivity contribution is 6.32. The Morgan fingerprint density at radius 1 is 1.42 bits per heavy atom. The largest absolute Gasteiger partial charge is 0.489 e. The molecule has 0 aliphatic carbocycles. The van der Waals surface area contributed by atoms with Crippen LogP contribution < -0.4 is 10.1 Å². The van der Waals surface area contributed by atoms with Crippen molar-refractivity contribution in [2.24, 2.45) is 0 Å². The highest BCUT2D eigenvalue weighted by atomic mass is 35.5. The van der Waals surface area contributed by atoms with Gasteiger partial charge in [0, 0.05) is 24.3 Å². The molecule has 2 atom stereocenters. The third-order valence-corrected chi connectivity index (χ3v) is 3.85. The molecule has 1 fully saturated rings. The predicted molar refractivity (Wildman–Crippen MR) is 81.3 cm³/mol. The van der Waals surface area contributed by atoms with Gasteiger partial charge < -0.3 is 15.0 Å². The molecule has 0 bridgehead atoms. The third-order valence-electron chi connectivity index (χ3n) is 3.55. The molecule has 19 heavy (non-hydrogen) atoms. The maximum absolute atomic E-state index is 6.24. The lowest BCUT2D eigenvalue weighted by Gasteiger charge is -2.16. The summed E-state index contributed by atoms with van der Waals surface area (Å²) >= 11 is 6.24. The van der Waals surface area contributed by atoms with Crippen molar-refractivity contribution in [2.45, 2.75) is 45.4 Å². The fourth-order valence-electron chi connectivity index (χ4n) is 2.47. The van der Waals surface area contributed by atoms with Crippen molar-refractivity contribution in [2.75, 3.05) is 18.9 Å². The molecule has 1 aromatic carbocycles. The van der Waals surface area contributed by atoms with Crippen LogP contribution >= 0.6 is 11.6 Å². The fraction of sp³-hybridized carbons (Fsp3) is 0.600. The number of hydrogen-bond donors (Lipinski definition) is 1. The van der Waals surface area contributed by atoms with Crippen molar-refractivity contribution in [3.05, 3.63) is 23.2 Å². The number of halogens is 1. The number of likely N-dealkylation sites (tertiary alicyclic amines) is 1. The van der Waals surface area contributed by atoms with E-state index in [4.69, 9.17) is 16.3 Å². The molecule has 0 amide bonds. The van der Waals surface area contributed by atoms with Crippen LogP contribution in [0, 0.1) is 0 Å². The van der Waals surface area contributed by atoms with Gasteiger partial charge in [-0.2, -0.15) is 0 Å². The van der Waals surface area contributed by atoms with Crippen molar-refractivity contribution >= 4 is 17.3 Å². The fourth-order valence-corrected chi connectivity index (χ4v) is 2.70. The van der Waals surface area contributed by atoms with Crippen molar-refractivity contribution < 1.29 is 4.74 Å².